The minimum Gasteiger partial charge on any atom is -0.479 e. The third-order valence-electron chi connectivity index (χ3n) is 5.45. The molecule has 32 heavy (non-hydrogen) atoms. The van der Waals surface area contributed by atoms with Gasteiger partial charge >= 0.3 is 5.97 Å². The van der Waals surface area contributed by atoms with Gasteiger partial charge in [-0.25, -0.2) is 9.18 Å². The highest BCUT2D eigenvalue weighted by atomic mass is 19.1. The van der Waals surface area contributed by atoms with Crippen LogP contribution in [0, 0.1) is 11.7 Å². The average molecular weight is 443 g/mol. The van der Waals surface area contributed by atoms with Gasteiger partial charge in [0.15, 0.2) is 0 Å². The second-order valence-electron chi connectivity index (χ2n) is 7.91. The van der Waals surface area contributed by atoms with Crippen LogP contribution in [-0.4, -0.2) is 39.5 Å². The third-order valence-corrected chi connectivity index (χ3v) is 5.45. The number of aliphatic hydroxyl groups is 1. The molecule has 8 nitrogen and oxygen atoms in total. The van der Waals surface area contributed by atoms with E-state index in [4.69, 9.17) is 4.74 Å². The molecule has 3 N–H and O–H groups in total. The average Bonchev–Trinajstić information content (AvgIpc) is 2.75. The van der Waals surface area contributed by atoms with Gasteiger partial charge in [0, 0.05) is 12.2 Å². The van der Waals surface area contributed by atoms with Gasteiger partial charge in [0.1, 0.15) is 17.0 Å². The number of rotatable bonds is 8. The SMILES string of the molecule is COc1nc2c(cc1N[C@H](C)c1ccc(F)cc1)c(=O)c(C(=O)O)cn2C(CO)C(C)C. The third kappa shape index (κ3) is 4.43. The van der Waals surface area contributed by atoms with Crippen molar-refractivity contribution in [2.24, 2.45) is 5.92 Å². The number of carboxylic acid groups (broad SMARTS) is 1. The highest BCUT2D eigenvalue weighted by molar-refractivity contribution is 5.93. The van der Waals surface area contributed by atoms with Gasteiger partial charge in [-0.15, -0.1) is 0 Å². The summed E-state index contributed by atoms with van der Waals surface area (Å²) in [6.45, 7) is 5.34. The number of nitrogens with one attached hydrogen (secondary N) is 1. The predicted octanol–water partition coefficient (Wildman–Crippen LogP) is 3.60. The summed E-state index contributed by atoms with van der Waals surface area (Å²) in [5.41, 5.74) is 0.293. The lowest BCUT2D eigenvalue weighted by atomic mass is 10.0. The van der Waals surface area contributed by atoms with Crippen LogP contribution >= 0.6 is 0 Å². The molecule has 3 rings (SSSR count). The number of anilines is 1. The van der Waals surface area contributed by atoms with E-state index in [1.165, 1.54) is 36.1 Å². The second-order valence-corrected chi connectivity index (χ2v) is 7.91. The Kier molecular flexibility index (Phi) is 6.78. The summed E-state index contributed by atoms with van der Waals surface area (Å²) in [6, 6.07) is 6.70. The molecule has 3 aromatic rings. The quantitative estimate of drug-likeness (QED) is 0.487. The van der Waals surface area contributed by atoms with Crippen LogP contribution in [-0.2, 0) is 0 Å². The molecular formula is C23H26FN3O5. The number of methoxy groups -OCH3 is 1. The molecule has 2 aromatic heterocycles. The summed E-state index contributed by atoms with van der Waals surface area (Å²) < 4.78 is 20.2. The molecule has 1 aromatic carbocycles. The molecule has 0 radical (unpaired) electrons. The molecule has 0 saturated carbocycles. The van der Waals surface area contributed by atoms with Gasteiger partial charge in [0.2, 0.25) is 11.3 Å². The zero-order chi connectivity index (χ0) is 23.6. The fraction of sp³-hybridized carbons (Fsp3) is 0.348. The molecule has 0 aliphatic carbocycles. The number of aliphatic hydroxyl groups excluding tert-OH is 1. The lowest BCUT2D eigenvalue weighted by molar-refractivity contribution is 0.0694. The summed E-state index contributed by atoms with van der Waals surface area (Å²) in [4.78, 5) is 29.2. The van der Waals surface area contributed by atoms with Crippen LogP contribution in [0.15, 0.2) is 41.3 Å². The van der Waals surface area contributed by atoms with Crippen molar-refractivity contribution in [1.82, 2.24) is 9.55 Å². The number of ether oxygens (including phenoxy) is 1. The number of pyridine rings is 2. The van der Waals surface area contributed by atoms with E-state index in [-0.39, 0.29) is 41.3 Å². The molecule has 0 amide bonds. The Balaban J connectivity index is 2.21. The lowest BCUT2D eigenvalue weighted by Gasteiger charge is -2.25. The molecular weight excluding hydrogens is 417 g/mol. The first-order chi connectivity index (χ1) is 15.2. The molecule has 0 saturated heterocycles. The van der Waals surface area contributed by atoms with E-state index >= 15 is 0 Å². The first-order valence-electron chi connectivity index (χ1n) is 10.2. The number of nitrogens with zero attached hydrogens (tertiary/aromatic N) is 2. The number of halogens is 1. The number of aromatic carboxylic acids is 1. The molecule has 9 heteroatoms. The van der Waals surface area contributed by atoms with E-state index in [2.05, 4.69) is 10.3 Å². The molecule has 170 valence electrons. The van der Waals surface area contributed by atoms with E-state index in [0.717, 1.165) is 5.56 Å². The smallest absolute Gasteiger partial charge is 0.341 e. The Labute approximate surface area is 184 Å². The molecule has 2 heterocycles. The molecule has 2 atom stereocenters. The van der Waals surface area contributed by atoms with Crippen molar-refractivity contribution in [3.05, 3.63) is 63.7 Å². The van der Waals surface area contributed by atoms with Crippen LogP contribution in [0.1, 0.15) is 48.8 Å². The van der Waals surface area contributed by atoms with Crippen LogP contribution in [0.4, 0.5) is 10.1 Å². The van der Waals surface area contributed by atoms with Crippen LogP contribution in [0.2, 0.25) is 0 Å². The number of carbonyl (C=O) groups is 1. The van der Waals surface area contributed by atoms with Gasteiger partial charge in [-0.05, 0) is 36.6 Å². The zero-order valence-electron chi connectivity index (χ0n) is 18.3. The van der Waals surface area contributed by atoms with Crippen molar-refractivity contribution in [1.29, 1.82) is 0 Å². The fourth-order valence-electron chi connectivity index (χ4n) is 3.61. The maximum absolute atomic E-state index is 13.3. The van der Waals surface area contributed by atoms with Crippen LogP contribution in [0.3, 0.4) is 0 Å². The lowest BCUT2D eigenvalue weighted by Crippen LogP contribution is -2.26. The van der Waals surface area contributed by atoms with Crippen LogP contribution < -0.4 is 15.5 Å². The standard InChI is InChI=1S/C23H26FN3O5/c1-12(2)19(11-28)27-10-17(23(30)31)20(29)16-9-18(22(32-4)26-21(16)27)25-13(3)14-5-7-15(24)8-6-14/h5-10,12-13,19,25,28H,11H2,1-4H3,(H,30,31)/t13-,19?/m1/s1. The Hall–Kier alpha value is -3.46. The first kappa shape index (κ1) is 23.2. The first-order valence-corrected chi connectivity index (χ1v) is 10.2. The maximum atomic E-state index is 13.3. The second kappa shape index (κ2) is 9.35. The number of hydrogen-bond donors (Lipinski definition) is 3. The predicted molar refractivity (Wildman–Crippen MR) is 119 cm³/mol. The van der Waals surface area contributed by atoms with E-state index < -0.39 is 23.0 Å². The zero-order valence-corrected chi connectivity index (χ0v) is 18.3. The van der Waals surface area contributed by atoms with Gasteiger partial charge in [-0.2, -0.15) is 4.98 Å². The Bertz CT molecular complexity index is 1190. The van der Waals surface area contributed by atoms with E-state index in [0.29, 0.717) is 5.69 Å². The van der Waals surface area contributed by atoms with E-state index in [1.807, 2.05) is 20.8 Å². The van der Waals surface area contributed by atoms with Gasteiger partial charge in [0.05, 0.1) is 30.8 Å². The van der Waals surface area contributed by atoms with Gasteiger partial charge in [-0.3, -0.25) is 4.79 Å². The molecule has 0 bridgehead atoms. The minimum atomic E-state index is -1.36. The van der Waals surface area contributed by atoms with Gasteiger partial charge < -0.3 is 24.8 Å². The Morgan fingerprint density at radius 1 is 1.25 bits per heavy atom. The van der Waals surface area contributed by atoms with Gasteiger partial charge in [0.25, 0.3) is 0 Å². The largest absolute Gasteiger partial charge is 0.479 e. The van der Waals surface area contributed by atoms with Crippen molar-refractivity contribution in [3.63, 3.8) is 0 Å². The minimum absolute atomic E-state index is 0.0589. The summed E-state index contributed by atoms with van der Waals surface area (Å²) in [5, 5.41) is 22.7. The van der Waals surface area contributed by atoms with Crippen LogP contribution in [0.25, 0.3) is 11.0 Å². The van der Waals surface area contributed by atoms with E-state index in [1.54, 1.807) is 12.1 Å². The number of hydrogen-bond acceptors (Lipinski definition) is 6. The van der Waals surface area contributed by atoms with E-state index in [9.17, 15) is 24.2 Å². The molecule has 0 fully saturated rings. The number of carboxylic acids is 1. The highest BCUT2D eigenvalue weighted by Crippen LogP contribution is 2.31. The van der Waals surface area contributed by atoms with Crippen molar-refractivity contribution in [3.8, 4) is 5.88 Å². The summed E-state index contributed by atoms with van der Waals surface area (Å²) in [6.07, 6.45) is 1.22. The maximum Gasteiger partial charge on any atom is 0.341 e. The highest BCUT2D eigenvalue weighted by Gasteiger charge is 2.24. The van der Waals surface area contributed by atoms with Crippen molar-refractivity contribution in [2.45, 2.75) is 32.9 Å². The Morgan fingerprint density at radius 3 is 2.44 bits per heavy atom. The number of benzene rings is 1. The summed E-state index contributed by atoms with van der Waals surface area (Å²) in [5.74, 6) is -1.58. The van der Waals surface area contributed by atoms with Gasteiger partial charge in [-0.1, -0.05) is 26.0 Å². The van der Waals surface area contributed by atoms with Crippen molar-refractivity contribution >= 4 is 22.7 Å². The molecule has 0 spiro atoms. The monoisotopic (exact) mass is 443 g/mol. The normalized spacial score (nSPS) is 13.2. The number of fused-ring (bicyclic) bond motifs is 1. The topological polar surface area (TPSA) is 114 Å². The summed E-state index contributed by atoms with van der Waals surface area (Å²) >= 11 is 0. The molecule has 1 unspecified atom stereocenters. The fourth-order valence-corrected chi connectivity index (χ4v) is 3.61. The van der Waals surface area contributed by atoms with Crippen molar-refractivity contribution < 1.29 is 24.1 Å². The summed E-state index contributed by atoms with van der Waals surface area (Å²) in [7, 11) is 1.43. The van der Waals surface area contributed by atoms with Crippen LogP contribution in [0.5, 0.6) is 5.88 Å². The molecule has 0 aliphatic heterocycles. The molecule has 0 aliphatic rings. The number of aromatic nitrogens is 2. The Morgan fingerprint density at radius 2 is 1.91 bits per heavy atom. The van der Waals surface area contributed by atoms with Crippen molar-refractivity contribution in [2.75, 3.05) is 19.0 Å².